The second-order valence-corrected chi connectivity index (χ2v) is 14.8. The molecular formula is C42H81N4O2+. The van der Waals surface area contributed by atoms with E-state index in [9.17, 15) is 9.59 Å². The highest BCUT2D eigenvalue weighted by Gasteiger charge is 2.22. The fourth-order valence-corrected chi connectivity index (χ4v) is 6.84. The second-order valence-electron chi connectivity index (χ2n) is 14.8. The first kappa shape index (κ1) is 44.2. The maximum Gasteiger partial charge on any atom is 0.366 e. The number of imidazole rings is 1. The first-order valence-electron chi connectivity index (χ1n) is 21.1. The molecule has 6 nitrogen and oxygen atoms in total. The average molecular weight is 674 g/mol. The predicted molar refractivity (Wildman–Crippen MR) is 206 cm³/mol. The first-order chi connectivity index (χ1) is 23.5. The molecular weight excluding hydrogens is 592 g/mol. The summed E-state index contributed by atoms with van der Waals surface area (Å²) in [4.78, 5) is 25.4. The van der Waals surface area contributed by atoms with Crippen LogP contribution in [-0.4, -0.2) is 16.4 Å². The van der Waals surface area contributed by atoms with Crippen molar-refractivity contribution in [2.45, 2.75) is 232 Å². The van der Waals surface area contributed by atoms with E-state index in [-0.39, 0.29) is 18.0 Å². The molecule has 1 heterocycles. The summed E-state index contributed by atoms with van der Waals surface area (Å²) in [6.07, 6.45) is 44.5. The van der Waals surface area contributed by atoms with Gasteiger partial charge in [0.05, 0.1) is 19.4 Å². The topological polar surface area (TPSA) is 67.0 Å². The molecule has 48 heavy (non-hydrogen) atoms. The van der Waals surface area contributed by atoms with Gasteiger partial charge in [-0.1, -0.05) is 194 Å². The highest BCUT2D eigenvalue weighted by atomic mass is 16.2. The Hall–Kier alpha value is -1.85. The van der Waals surface area contributed by atoms with Crippen molar-refractivity contribution in [2.24, 2.45) is 7.05 Å². The van der Waals surface area contributed by atoms with E-state index in [4.69, 9.17) is 0 Å². The average Bonchev–Trinajstić information content (AvgIpc) is 3.44. The zero-order valence-corrected chi connectivity index (χ0v) is 32.6. The van der Waals surface area contributed by atoms with Gasteiger partial charge in [-0.2, -0.15) is 0 Å². The quantitative estimate of drug-likeness (QED) is 0.0556. The molecule has 0 fully saturated rings. The second kappa shape index (κ2) is 32.4. The van der Waals surface area contributed by atoms with Gasteiger partial charge in [0.25, 0.3) is 5.91 Å². The maximum absolute atomic E-state index is 12.7. The lowest BCUT2D eigenvalue weighted by Crippen LogP contribution is -2.36. The molecule has 1 aromatic heterocycles. The Bertz CT molecular complexity index is 883. The molecule has 2 amide bonds. The molecule has 1 unspecified atom stereocenters. The van der Waals surface area contributed by atoms with Crippen molar-refractivity contribution in [3.63, 3.8) is 0 Å². The SMILES string of the molecule is CCCCCCCCCCCCCCCCCC(=O)Nc1n(C(C)NC(=O)CCCCCCCCCCCCCCCCC)cc[n+]1C. The van der Waals surface area contributed by atoms with Gasteiger partial charge in [-0.15, -0.1) is 0 Å². The van der Waals surface area contributed by atoms with Crippen molar-refractivity contribution >= 4 is 17.8 Å². The number of aromatic nitrogens is 2. The van der Waals surface area contributed by atoms with E-state index in [0.717, 1.165) is 31.6 Å². The maximum atomic E-state index is 12.7. The Morgan fingerprint density at radius 1 is 0.542 bits per heavy atom. The Labute approximate surface area is 298 Å². The number of nitrogens with one attached hydrogen (secondary N) is 2. The highest BCUT2D eigenvalue weighted by molar-refractivity contribution is 5.88. The third-order valence-corrected chi connectivity index (χ3v) is 10.1. The normalized spacial score (nSPS) is 12.0. The van der Waals surface area contributed by atoms with Gasteiger partial charge in [0, 0.05) is 12.8 Å². The van der Waals surface area contributed by atoms with Gasteiger partial charge in [0.1, 0.15) is 0 Å². The Morgan fingerprint density at radius 2 is 0.854 bits per heavy atom. The molecule has 0 aromatic carbocycles. The predicted octanol–water partition coefficient (Wildman–Crippen LogP) is 12.4. The van der Waals surface area contributed by atoms with Crippen LogP contribution < -0.4 is 15.2 Å². The van der Waals surface area contributed by atoms with Crippen LogP contribution in [0.3, 0.4) is 0 Å². The van der Waals surface area contributed by atoms with Gasteiger partial charge in [-0.05, 0) is 19.8 Å². The smallest absolute Gasteiger partial charge is 0.324 e. The third-order valence-electron chi connectivity index (χ3n) is 10.1. The summed E-state index contributed by atoms with van der Waals surface area (Å²) < 4.78 is 3.87. The fourth-order valence-electron chi connectivity index (χ4n) is 6.84. The third kappa shape index (κ3) is 25.2. The van der Waals surface area contributed by atoms with E-state index in [1.54, 1.807) is 0 Å². The van der Waals surface area contributed by atoms with Crippen molar-refractivity contribution in [1.82, 2.24) is 9.88 Å². The van der Waals surface area contributed by atoms with Crippen molar-refractivity contribution in [3.05, 3.63) is 12.4 Å². The number of anilines is 1. The minimum Gasteiger partial charge on any atom is -0.324 e. The number of carbonyl (C=O) groups excluding carboxylic acids is 2. The molecule has 0 aliphatic carbocycles. The van der Waals surface area contributed by atoms with Crippen LogP contribution in [-0.2, 0) is 16.6 Å². The molecule has 1 aromatic rings. The molecule has 6 heteroatoms. The van der Waals surface area contributed by atoms with Crippen molar-refractivity contribution < 1.29 is 14.2 Å². The summed E-state index contributed by atoms with van der Waals surface area (Å²) in [6, 6.07) is 0. The zero-order valence-electron chi connectivity index (χ0n) is 32.6. The Balaban J connectivity index is 2.06. The van der Waals surface area contributed by atoms with E-state index < -0.39 is 0 Å². The number of aryl methyl sites for hydroxylation is 1. The van der Waals surface area contributed by atoms with Crippen molar-refractivity contribution in [2.75, 3.05) is 5.32 Å². The summed E-state index contributed by atoms with van der Waals surface area (Å²) >= 11 is 0. The Kier molecular flexibility index (Phi) is 29.8. The Morgan fingerprint density at radius 3 is 1.21 bits per heavy atom. The number of unbranched alkanes of at least 4 members (excludes halogenated alkanes) is 28. The van der Waals surface area contributed by atoms with Crippen LogP contribution in [0, 0.1) is 0 Å². The molecule has 0 aliphatic heterocycles. The van der Waals surface area contributed by atoms with E-state index >= 15 is 0 Å². The molecule has 2 N–H and O–H groups in total. The molecule has 1 atom stereocenters. The lowest BCUT2D eigenvalue weighted by atomic mass is 10.0. The molecule has 280 valence electrons. The molecule has 0 radical (unpaired) electrons. The first-order valence-corrected chi connectivity index (χ1v) is 21.1. The molecule has 0 saturated carbocycles. The van der Waals surface area contributed by atoms with E-state index in [1.807, 2.05) is 35.5 Å². The van der Waals surface area contributed by atoms with Gasteiger partial charge in [-0.25, -0.2) is 14.5 Å². The van der Waals surface area contributed by atoms with E-state index in [1.165, 1.54) is 167 Å². The van der Waals surface area contributed by atoms with Crippen LogP contribution in [0.5, 0.6) is 0 Å². The monoisotopic (exact) mass is 674 g/mol. The summed E-state index contributed by atoms with van der Waals surface area (Å²) in [6.45, 7) is 6.54. The molecule has 0 saturated heterocycles. The van der Waals surface area contributed by atoms with Crippen molar-refractivity contribution in [1.29, 1.82) is 0 Å². The van der Waals surface area contributed by atoms with Crippen LogP contribution >= 0.6 is 0 Å². The summed E-state index contributed by atoms with van der Waals surface area (Å²) in [5.74, 6) is 0.862. The summed E-state index contributed by atoms with van der Waals surface area (Å²) in [7, 11) is 1.93. The van der Waals surface area contributed by atoms with Crippen LogP contribution in [0.1, 0.15) is 232 Å². The van der Waals surface area contributed by atoms with Crippen LogP contribution in [0.25, 0.3) is 0 Å². The number of hydrogen-bond acceptors (Lipinski definition) is 2. The molecule has 0 bridgehead atoms. The van der Waals surface area contributed by atoms with Crippen molar-refractivity contribution in [3.8, 4) is 0 Å². The van der Waals surface area contributed by atoms with Gasteiger partial charge in [0.2, 0.25) is 5.91 Å². The minimum absolute atomic E-state index is 0.0524. The fraction of sp³-hybridized carbons (Fsp3) is 0.881. The van der Waals surface area contributed by atoms with Crippen LogP contribution in [0.2, 0.25) is 0 Å². The van der Waals surface area contributed by atoms with Crippen LogP contribution in [0.15, 0.2) is 12.4 Å². The summed E-state index contributed by atoms with van der Waals surface area (Å²) in [5.41, 5.74) is 0. The standard InChI is InChI=1S/C42H80N4O2/c1-5-7-9-11-13-15-17-19-21-23-25-27-29-31-33-35-40(47)43-39(3)46-38-37-45(4)42(46)44-41(48)36-34-32-30-28-26-24-22-20-18-16-14-12-10-8-6-2/h37-39H,5-36H2,1-4H3,(H,43,47)/p+1. The largest absolute Gasteiger partial charge is 0.366 e. The van der Waals surface area contributed by atoms with Crippen LogP contribution in [0.4, 0.5) is 5.95 Å². The molecule has 1 rings (SSSR count). The molecule has 0 aliphatic rings. The minimum atomic E-state index is -0.212. The van der Waals surface area contributed by atoms with E-state index in [0.29, 0.717) is 12.8 Å². The molecule has 0 spiro atoms. The van der Waals surface area contributed by atoms with E-state index in [2.05, 4.69) is 24.5 Å². The van der Waals surface area contributed by atoms with Gasteiger partial charge in [0.15, 0.2) is 6.17 Å². The van der Waals surface area contributed by atoms with Gasteiger partial charge < -0.3 is 5.32 Å². The lowest BCUT2D eigenvalue weighted by molar-refractivity contribution is -0.656. The zero-order chi connectivity index (χ0) is 34.9. The number of rotatable bonds is 35. The van der Waals surface area contributed by atoms with Gasteiger partial charge >= 0.3 is 5.95 Å². The number of amides is 2. The summed E-state index contributed by atoms with van der Waals surface area (Å²) in [5, 5.41) is 6.23. The number of hydrogen-bond donors (Lipinski definition) is 2. The number of nitrogens with zero attached hydrogens (tertiary/aromatic N) is 2. The highest BCUT2D eigenvalue weighted by Crippen LogP contribution is 2.16. The number of carbonyl (C=O) groups is 2. The lowest BCUT2D eigenvalue weighted by Gasteiger charge is -2.14. The van der Waals surface area contributed by atoms with Gasteiger partial charge in [-0.3, -0.25) is 9.59 Å².